The fraction of sp³-hybridized carbons (Fsp3) is 0.588. The molecule has 8 heteroatoms. The first-order valence-electron chi connectivity index (χ1n) is 14.7. The third-order valence-corrected chi connectivity index (χ3v) is 7.72. The number of aryl methyl sites for hydroxylation is 2. The van der Waals surface area contributed by atoms with Crippen LogP contribution in [0.1, 0.15) is 87.8 Å². The number of benzene rings is 2. The molecule has 0 aromatic heterocycles. The van der Waals surface area contributed by atoms with E-state index in [1.54, 1.807) is 0 Å². The average Bonchev–Trinajstić information content (AvgIpc) is 2.87. The fourth-order valence-electron chi connectivity index (χ4n) is 4.81. The summed E-state index contributed by atoms with van der Waals surface area (Å²) in [5.74, 6) is -3.03. The maximum atomic E-state index is 11.9. The number of hydrogen-bond acceptors (Lipinski definition) is 6. The van der Waals surface area contributed by atoms with Crippen LogP contribution in [0.25, 0.3) is 0 Å². The van der Waals surface area contributed by atoms with Crippen LogP contribution < -0.4 is 0 Å². The largest absolute Gasteiger partial charge is 0.507 e. The van der Waals surface area contributed by atoms with Gasteiger partial charge in [-0.05, 0) is 83.7 Å². The predicted octanol–water partition coefficient (Wildman–Crippen LogP) is 6.31. The van der Waals surface area contributed by atoms with Gasteiger partial charge >= 0.3 is 11.9 Å². The molecule has 0 fully saturated rings. The first kappa shape index (κ1) is 35.1. The van der Waals surface area contributed by atoms with Crippen molar-refractivity contribution < 1.29 is 39.5 Å². The molecule has 42 heavy (non-hydrogen) atoms. The van der Waals surface area contributed by atoms with Crippen molar-refractivity contribution in [1.29, 1.82) is 0 Å². The number of rotatable bonds is 15. The molecule has 0 saturated carbocycles. The molecular formula is C34H50O8. The standard InChI is InChI=1S/C34H50O8/c1-21-15-27(33(3,4)5)19-25(29(21)35)17-23(31(37)38)9-11-41-13-14-42-12-10-24(32(39)40)18-26-20-28(34(6,7)8)16-22(2)30(26)36/h15-16,19-20,23-24,35-36H,9-14,17-18H2,1-8H3,(H,37,38)(H,39,40). The summed E-state index contributed by atoms with van der Waals surface area (Å²) >= 11 is 0. The number of hydrogen-bond donors (Lipinski definition) is 4. The first-order chi connectivity index (χ1) is 19.4. The maximum absolute atomic E-state index is 11.9. The number of phenols is 2. The summed E-state index contributed by atoms with van der Waals surface area (Å²) in [6, 6.07) is 7.65. The summed E-state index contributed by atoms with van der Waals surface area (Å²) in [5.41, 5.74) is 4.53. The highest BCUT2D eigenvalue weighted by Crippen LogP contribution is 2.34. The molecule has 0 bridgehead atoms. The van der Waals surface area contributed by atoms with Crippen LogP contribution >= 0.6 is 0 Å². The van der Waals surface area contributed by atoms with Crippen LogP contribution in [0.15, 0.2) is 24.3 Å². The smallest absolute Gasteiger partial charge is 0.306 e. The lowest BCUT2D eigenvalue weighted by Crippen LogP contribution is -2.21. The lowest BCUT2D eigenvalue weighted by Gasteiger charge is -2.23. The SMILES string of the molecule is Cc1cc(C(C)(C)C)cc(CC(CCOCCOCCC(Cc2cc(C(C)(C)C)cc(C)c2O)C(=O)O)C(=O)O)c1O. The molecule has 4 N–H and O–H groups in total. The summed E-state index contributed by atoms with van der Waals surface area (Å²) in [6.45, 7) is 17.0. The van der Waals surface area contributed by atoms with Crippen LogP contribution in [-0.4, -0.2) is 58.8 Å². The van der Waals surface area contributed by atoms with Crippen LogP contribution in [0.4, 0.5) is 0 Å². The summed E-state index contributed by atoms with van der Waals surface area (Å²) < 4.78 is 11.2. The van der Waals surface area contributed by atoms with Crippen molar-refractivity contribution in [2.45, 2.75) is 91.9 Å². The Labute approximate surface area is 250 Å². The molecular weight excluding hydrogens is 536 g/mol. The number of carboxylic acids is 2. The normalized spacial score (nSPS) is 13.6. The van der Waals surface area contributed by atoms with Crippen LogP contribution in [-0.2, 0) is 42.7 Å². The van der Waals surface area contributed by atoms with E-state index >= 15 is 0 Å². The Morgan fingerprint density at radius 3 is 1.26 bits per heavy atom. The Balaban J connectivity index is 1.83. The van der Waals surface area contributed by atoms with Crippen molar-refractivity contribution >= 4 is 11.9 Å². The number of aromatic hydroxyl groups is 2. The van der Waals surface area contributed by atoms with Crippen LogP contribution in [0.2, 0.25) is 0 Å². The van der Waals surface area contributed by atoms with Crippen molar-refractivity contribution in [3.8, 4) is 11.5 Å². The van der Waals surface area contributed by atoms with Crippen LogP contribution in [0, 0.1) is 25.7 Å². The second-order valence-electron chi connectivity index (χ2n) is 13.4. The Morgan fingerprint density at radius 1 is 0.643 bits per heavy atom. The predicted molar refractivity (Wildman–Crippen MR) is 164 cm³/mol. The highest BCUT2D eigenvalue weighted by Gasteiger charge is 2.24. The van der Waals surface area contributed by atoms with Gasteiger partial charge in [-0.2, -0.15) is 0 Å². The van der Waals surface area contributed by atoms with Gasteiger partial charge in [-0.25, -0.2) is 0 Å². The van der Waals surface area contributed by atoms with Gasteiger partial charge in [0, 0.05) is 13.2 Å². The van der Waals surface area contributed by atoms with Gasteiger partial charge in [0.05, 0.1) is 25.0 Å². The molecule has 0 aliphatic rings. The zero-order valence-corrected chi connectivity index (χ0v) is 26.5. The van der Waals surface area contributed by atoms with Gasteiger partial charge in [0.15, 0.2) is 0 Å². The molecule has 0 saturated heterocycles. The number of phenolic OH excluding ortho intramolecular Hbond substituents is 2. The molecule has 0 spiro atoms. The number of ether oxygens (including phenoxy) is 2. The van der Waals surface area contributed by atoms with E-state index in [0.29, 0.717) is 11.1 Å². The summed E-state index contributed by atoms with van der Waals surface area (Å²) in [6.07, 6.45) is 0.975. The minimum Gasteiger partial charge on any atom is -0.507 e. The maximum Gasteiger partial charge on any atom is 0.306 e. The van der Waals surface area contributed by atoms with Crippen molar-refractivity contribution in [2.75, 3.05) is 26.4 Å². The Morgan fingerprint density at radius 2 is 0.976 bits per heavy atom. The van der Waals surface area contributed by atoms with Gasteiger partial charge < -0.3 is 29.9 Å². The Bertz CT molecular complexity index is 1120. The molecule has 0 radical (unpaired) electrons. The lowest BCUT2D eigenvalue weighted by molar-refractivity contribution is -0.143. The Kier molecular flexibility index (Phi) is 12.4. The van der Waals surface area contributed by atoms with E-state index in [9.17, 15) is 30.0 Å². The fourth-order valence-corrected chi connectivity index (χ4v) is 4.81. The van der Waals surface area contributed by atoms with E-state index in [1.807, 2.05) is 38.1 Å². The lowest BCUT2D eigenvalue weighted by atomic mass is 9.83. The average molecular weight is 587 g/mol. The summed E-state index contributed by atoms with van der Waals surface area (Å²) in [5, 5.41) is 40.6. The van der Waals surface area contributed by atoms with E-state index in [4.69, 9.17) is 9.47 Å². The van der Waals surface area contributed by atoms with Gasteiger partial charge in [-0.15, -0.1) is 0 Å². The molecule has 8 nitrogen and oxygen atoms in total. The number of carbonyl (C=O) groups is 2. The molecule has 2 rings (SSSR count). The van der Waals surface area contributed by atoms with E-state index in [0.717, 1.165) is 22.3 Å². The third kappa shape index (κ3) is 10.3. The minimum absolute atomic E-state index is 0.127. The summed E-state index contributed by atoms with van der Waals surface area (Å²) in [4.78, 5) is 23.8. The highest BCUT2D eigenvalue weighted by atomic mass is 16.5. The van der Waals surface area contributed by atoms with Gasteiger partial charge in [0.1, 0.15) is 11.5 Å². The second kappa shape index (κ2) is 14.9. The number of aliphatic carboxylic acids is 2. The van der Waals surface area contributed by atoms with E-state index in [1.165, 1.54) is 0 Å². The zero-order valence-electron chi connectivity index (χ0n) is 26.5. The van der Waals surface area contributed by atoms with E-state index in [-0.39, 0.29) is 74.4 Å². The van der Waals surface area contributed by atoms with Crippen molar-refractivity contribution in [3.63, 3.8) is 0 Å². The molecule has 2 aromatic carbocycles. The van der Waals surface area contributed by atoms with Crippen molar-refractivity contribution in [1.82, 2.24) is 0 Å². The molecule has 0 aliphatic carbocycles. The molecule has 234 valence electrons. The monoisotopic (exact) mass is 586 g/mol. The highest BCUT2D eigenvalue weighted by molar-refractivity contribution is 5.71. The summed E-state index contributed by atoms with van der Waals surface area (Å²) in [7, 11) is 0. The minimum atomic E-state index is -0.943. The Hall–Kier alpha value is -3.10. The molecule has 0 amide bonds. The van der Waals surface area contributed by atoms with Gasteiger partial charge in [0.25, 0.3) is 0 Å². The molecule has 2 aromatic rings. The van der Waals surface area contributed by atoms with Gasteiger partial charge in [-0.3, -0.25) is 9.59 Å². The molecule has 0 heterocycles. The first-order valence-corrected chi connectivity index (χ1v) is 14.7. The van der Waals surface area contributed by atoms with Crippen LogP contribution in [0.5, 0.6) is 11.5 Å². The third-order valence-electron chi connectivity index (χ3n) is 7.72. The van der Waals surface area contributed by atoms with Crippen LogP contribution in [0.3, 0.4) is 0 Å². The molecule has 2 atom stereocenters. The zero-order chi connectivity index (χ0) is 31.8. The second-order valence-corrected chi connectivity index (χ2v) is 13.4. The number of carboxylic acid groups (broad SMARTS) is 2. The van der Waals surface area contributed by atoms with E-state index < -0.39 is 23.8 Å². The van der Waals surface area contributed by atoms with Crippen molar-refractivity contribution in [2.24, 2.45) is 11.8 Å². The van der Waals surface area contributed by atoms with E-state index in [2.05, 4.69) is 41.5 Å². The molecule has 0 aliphatic heterocycles. The van der Waals surface area contributed by atoms with Gasteiger partial charge in [0.2, 0.25) is 0 Å². The van der Waals surface area contributed by atoms with Crippen molar-refractivity contribution in [3.05, 3.63) is 57.6 Å². The van der Waals surface area contributed by atoms with Gasteiger partial charge in [-0.1, -0.05) is 65.8 Å². The topological polar surface area (TPSA) is 134 Å². The quantitative estimate of drug-likeness (QED) is 0.178. The molecule has 2 unspecified atom stereocenters.